The van der Waals surface area contributed by atoms with Gasteiger partial charge in [-0.15, -0.1) is 0 Å². The van der Waals surface area contributed by atoms with Gasteiger partial charge in [-0.2, -0.15) is 0 Å². The Morgan fingerprint density at radius 1 is 1.00 bits per heavy atom. The molecule has 27 heavy (non-hydrogen) atoms. The van der Waals surface area contributed by atoms with Crippen LogP contribution < -0.4 is 10.6 Å². The molecule has 2 aromatic carbocycles. The van der Waals surface area contributed by atoms with Gasteiger partial charge in [0.25, 0.3) is 5.91 Å². The van der Waals surface area contributed by atoms with Crippen LogP contribution in [-0.2, 0) is 6.54 Å². The van der Waals surface area contributed by atoms with Gasteiger partial charge in [0.2, 0.25) is 0 Å². The van der Waals surface area contributed by atoms with Crippen molar-refractivity contribution in [2.24, 2.45) is 0 Å². The molecule has 0 aliphatic carbocycles. The molecular weight excluding hydrogens is 341 g/mol. The normalized spacial score (nSPS) is 10.7. The summed E-state index contributed by atoms with van der Waals surface area (Å²) in [7, 11) is 0. The first-order valence-electron chi connectivity index (χ1n) is 8.87. The first kappa shape index (κ1) is 18.6. The minimum Gasteiger partial charge on any atom is -0.381 e. The average molecular weight is 363 g/mol. The van der Waals surface area contributed by atoms with Gasteiger partial charge in [-0.25, -0.2) is 4.39 Å². The van der Waals surface area contributed by atoms with Crippen LogP contribution >= 0.6 is 0 Å². The van der Waals surface area contributed by atoms with Crippen molar-refractivity contribution in [3.05, 3.63) is 89.5 Å². The number of halogens is 1. The maximum absolute atomic E-state index is 13.0. The van der Waals surface area contributed by atoms with E-state index in [4.69, 9.17) is 0 Å². The van der Waals surface area contributed by atoms with Crippen LogP contribution in [0.2, 0.25) is 0 Å². The van der Waals surface area contributed by atoms with Crippen molar-refractivity contribution in [1.82, 2.24) is 4.98 Å². The molecule has 0 aliphatic rings. The van der Waals surface area contributed by atoms with Crippen molar-refractivity contribution in [2.45, 2.75) is 26.3 Å². The maximum atomic E-state index is 13.0. The molecule has 3 aromatic rings. The Labute approximate surface area is 158 Å². The zero-order chi connectivity index (χ0) is 19.2. The number of amides is 1. The predicted molar refractivity (Wildman–Crippen MR) is 106 cm³/mol. The SMILES string of the molecule is CC(C)c1ccc(NC(=O)c2cc(NCc3ccc(F)cc3)ccn2)cc1. The molecule has 1 amide bonds. The molecule has 0 saturated carbocycles. The number of carbonyl (C=O) groups excluding carboxylic acids is 1. The lowest BCUT2D eigenvalue weighted by Crippen LogP contribution is -2.14. The van der Waals surface area contributed by atoms with Gasteiger partial charge in [-0.1, -0.05) is 38.1 Å². The number of aromatic nitrogens is 1. The van der Waals surface area contributed by atoms with E-state index < -0.39 is 0 Å². The molecule has 0 spiro atoms. The van der Waals surface area contributed by atoms with Gasteiger partial charge in [0.1, 0.15) is 11.5 Å². The first-order chi connectivity index (χ1) is 13.0. The quantitative estimate of drug-likeness (QED) is 0.632. The fraction of sp³-hybridized carbons (Fsp3) is 0.182. The summed E-state index contributed by atoms with van der Waals surface area (Å²) in [5.74, 6) is -0.0824. The van der Waals surface area contributed by atoms with Gasteiger partial charge < -0.3 is 10.6 Å². The second kappa shape index (κ2) is 8.45. The minimum absolute atomic E-state index is 0.261. The van der Waals surface area contributed by atoms with Gasteiger partial charge in [0, 0.05) is 24.1 Å². The lowest BCUT2D eigenvalue weighted by Gasteiger charge is -2.10. The molecule has 0 aliphatic heterocycles. The largest absolute Gasteiger partial charge is 0.381 e. The standard InChI is InChI=1S/C22H22FN3O/c1-15(2)17-5-9-19(10-6-17)26-22(27)21-13-20(11-12-24-21)25-14-16-3-7-18(23)8-4-16/h3-13,15H,14H2,1-2H3,(H,24,25)(H,26,27). The van der Waals surface area contributed by atoms with Crippen molar-refractivity contribution < 1.29 is 9.18 Å². The number of hydrogen-bond donors (Lipinski definition) is 2. The molecule has 1 aromatic heterocycles. The highest BCUT2D eigenvalue weighted by Gasteiger charge is 2.09. The molecule has 4 nitrogen and oxygen atoms in total. The summed E-state index contributed by atoms with van der Waals surface area (Å²) in [6, 6.07) is 17.6. The molecule has 0 bridgehead atoms. The van der Waals surface area contributed by atoms with Crippen molar-refractivity contribution in [3.63, 3.8) is 0 Å². The van der Waals surface area contributed by atoms with E-state index >= 15 is 0 Å². The third-order valence-electron chi connectivity index (χ3n) is 4.24. The lowest BCUT2D eigenvalue weighted by molar-refractivity contribution is 0.102. The summed E-state index contributed by atoms with van der Waals surface area (Å²) in [6.45, 7) is 4.78. The number of rotatable bonds is 6. The molecule has 1 heterocycles. The van der Waals surface area contributed by atoms with E-state index in [0.29, 0.717) is 18.2 Å². The van der Waals surface area contributed by atoms with Crippen LogP contribution in [0.15, 0.2) is 66.9 Å². The number of nitrogens with zero attached hydrogens (tertiary/aromatic N) is 1. The van der Waals surface area contributed by atoms with Crippen LogP contribution in [0.25, 0.3) is 0 Å². The number of hydrogen-bond acceptors (Lipinski definition) is 3. The van der Waals surface area contributed by atoms with Crippen LogP contribution in [-0.4, -0.2) is 10.9 Å². The fourth-order valence-electron chi connectivity index (χ4n) is 2.62. The Morgan fingerprint density at radius 3 is 2.37 bits per heavy atom. The van der Waals surface area contributed by atoms with Gasteiger partial charge in [-0.05, 0) is 53.4 Å². The van der Waals surface area contributed by atoms with Crippen molar-refractivity contribution >= 4 is 17.3 Å². The van der Waals surface area contributed by atoms with Gasteiger partial charge in [-0.3, -0.25) is 9.78 Å². The van der Waals surface area contributed by atoms with Crippen molar-refractivity contribution in [2.75, 3.05) is 10.6 Å². The summed E-state index contributed by atoms with van der Waals surface area (Å²) in [6.07, 6.45) is 1.59. The third-order valence-corrected chi connectivity index (χ3v) is 4.24. The highest BCUT2D eigenvalue weighted by molar-refractivity contribution is 6.03. The monoisotopic (exact) mass is 363 g/mol. The first-order valence-corrected chi connectivity index (χ1v) is 8.87. The van der Waals surface area contributed by atoms with Crippen LogP contribution in [0.1, 0.15) is 41.4 Å². The summed E-state index contributed by atoms with van der Waals surface area (Å²) in [5, 5.41) is 6.08. The second-order valence-corrected chi connectivity index (χ2v) is 6.64. The van der Waals surface area contributed by atoms with Crippen LogP contribution in [0, 0.1) is 5.82 Å². The maximum Gasteiger partial charge on any atom is 0.274 e. The van der Waals surface area contributed by atoms with E-state index in [1.165, 1.54) is 17.7 Å². The molecule has 0 unspecified atom stereocenters. The lowest BCUT2D eigenvalue weighted by atomic mass is 10.0. The number of anilines is 2. The van der Waals surface area contributed by atoms with Gasteiger partial charge >= 0.3 is 0 Å². The molecule has 0 atom stereocenters. The second-order valence-electron chi connectivity index (χ2n) is 6.64. The van der Waals surface area contributed by atoms with Crippen LogP contribution in [0.3, 0.4) is 0 Å². The number of benzene rings is 2. The van der Waals surface area contributed by atoms with E-state index in [-0.39, 0.29) is 11.7 Å². The zero-order valence-electron chi connectivity index (χ0n) is 15.4. The van der Waals surface area contributed by atoms with E-state index in [1.54, 1.807) is 30.5 Å². The number of carbonyl (C=O) groups is 1. The molecule has 2 N–H and O–H groups in total. The Hall–Kier alpha value is -3.21. The van der Waals surface area contributed by atoms with Crippen molar-refractivity contribution in [3.8, 4) is 0 Å². The molecule has 0 radical (unpaired) electrons. The Balaban J connectivity index is 1.63. The van der Waals surface area contributed by atoms with Gasteiger partial charge in [0.15, 0.2) is 0 Å². The zero-order valence-corrected chi connectivity index (χ0v) is 15.4. The summed E-state index contributed by atoms with van der Waals surface area (Å²) >= 11 is 0. The van der Waals surface area contributed by atoms with Gasteiger partial charge in [0.05, 0.1) is 0 Å². The van der Waals surface area contributed by atoms with E-state index in [0.717, 1.165) is 16.9 Å². The van der Waals surface area contributed by atoms with E-state index in [2.05, 4.69) is 29.5 Å². The highest BCUT2D eigenvalue weighted by atomic mass is 19.1. The van der Waals surface area contributed by atoms with Crippen molar-refractivity contribution in [1.29, 1.82) is 0 Å². The molecule has 3 rings (SSSR count). The number of nitrogens with one attached hydrogen (secondary N) is 2. The van der Waals surface area contributed by atoms with Crippen LogP contribution in [0.4, 0.5) is 15.8 Å². The molecular formula is C22H22FN3O. The molecule has 138 valence electrons. The molecule has 5 heteroatoms. The summed E-state index contributed by atoms with van der Waals surface area (Å²) in [4.78, 5) is 16.6. The molecule has 0 fully saturated rings. The smallest absolute Gasteiger partial charge is 0.274 e. The Kier molecular flexibility index (Phi) is 5.81. The Bertz CT molecular complexity index is 906. The predicted octanol–water partition coefficient (Wildman–Crippen LogP) is 5.21. The molecule has 0 saturated heterocycles. The topological polar surface area (TPSA) is 54.0 Å². The van der Waals surface area contributed by atoms with Crippen LogP contribution in [0.5, 0.6) is 0 Å². The van der Waals surface area contributed by atoms with E-state index in [1.807, 2.05) is 24.3 Å². The highest BCUT2D eigenvalue weighted by Crippen LogP contribution is 2.18. The minimum atomic E-state index is -0.266. The Morgan fingerprint density at radius 2 is 1.70 bits per heavy atom. The fourth-order valence-corrected chi connectivity index (χ4v) is 2.62. The third kappa shape index (κ3) is 5.14. The average Bonchev–Trinajstić information content (AvgIpc) is 2.68. The summed E-state index contributed by atoms with van der Waals surface area (Å²) < 4.78 is 13.0. The number of pyridine rings is 1. The summed E-state index contributed by atoms with van der Waals surface area (Å²) in [5.41, 5.74) is 4.00. The van der Waals surface area contributed by atoms with E-state index in [9.17, 15) is 9.18 Å².